The maximum absolute atomic E-state index is 12.7. The molecular formula is C16H24N2O4. The van der Waals surface area contributed by atoms with Crippen molar-refractivity contribution in [2.24, 2.45) is 0 Å². The second-order valence-electron chi connectivity index (χ2n) is 6.38. The van der Waals surface area contributed by atoms with Crippen molar-refractivity contribution in [2.75, 3.05) is 13.1 Å². The Morgan fingerprint density at radius 3 is 2.18 bits per heavy atom. The number of aliphatic hydroxyl groups is 1. The van der Waals surface area contributed by atoms with Gasteiger partial charge < -0.3 is 19.7 Å². The summed E-state index contributed by atoms with van der Waals surface area (Å²) in [6.45, 7) is 8.56. The molecule has 1 aromatic heterocycles. The van der Waals surface area contributed by atoms with Crippen molar-refractivity contribution in [1.29, 1.82) is 0 Å². The van der Waals surface area contributed by atoms with E-state index in [1.165, 1.54) is 0 Å². The molecule has 0 spiro atoms. The standard InChI is InChI=1S/C16H24N2O4/c1-10(2)18-11(3)9-13(12(18)4)14(19)17-7-5-16(22,6-8-17)15(20)21/h9-10,22H,5-8H2,1-4H3,(H,20,21). The van der Waals surface area contributed by atoms with Crippen LogP contribution >= 0.6 is 0 Å². The van der Waals surface area contributed by atoms with E-state index in [1.807, 2.05) is 19.9 Å². The molecule has 0 radical (unpaired) electrons. The highest BCUT2D eigenvalue weighted by Crippen LogP contribution is 2.26. The largest absolute Gasteiger partial charge is 0.479 e. The Labute approximate surface area is 130 Å². The number of amides is 1. The third kappa shape index (κ3) is 2.75. The van der Waals surface area contributed by atoms with Crippen molar-refractivity contribution in [3.05, 3.63) is 23.0 Å². The average molecular weight is 308 g/mol. The Hall–Kier alpha value is -1.82. The van der Waals surface area contributed by atoms with Crippen LogP contribution in [-0.4, -0.2) is 50.2 Å². The first-order valence-corrected chi connectivity index (χ1v) is 7.61. The molecule has 6 nitrogen and oxygen atoms in total. The van der Waals surface area contributed by atoms with E-state index in [0.29, 0.717) is 5.56 Å². The molecule has 0 saturated carbocycles. The Balaban J connectivity index is 2.18. The van der Waals surface area contributed by atoms with Gasteiger partial charge in [-0.25, -0.2) is 4.79 Å². The third-order valence-electron chi connectivity index (χ3n) is 4.51. The first kappa shape index (κ1) is 16.5. The first-order chi connectivity index (χ1) is 10.2. The molecule has 1 amide bonds. The molecule has 0 atom stereocenters. The smallest absolute Gasteiger partial charge is 0.335 e. The maximum Gasteiger partial charge on any atom is 0.335 e. The lowest BCUT2D eigenvalue weighted by atomic mass is 9.91. The van der Waals surface area contributed by atoms with Gasteiger partial charge in [-0.15, -0.1) is 0 Å². The number of rotatable bonds is 3. The Bertz CT molecular complexity index is 596. The lowest BCUT2D eigenvalue weighted by Gasteiger charge is -2.35. The van der Waals surface area contributed by atoms with E-state index in [9.17, 15) is 14.7 Å². The number of carbonyl (C=O) groups is 2. The molecule has 0 aliphatic carbocycles. The van der Waals surface area contributed by atoms with E-state index in [4.69, 9.17) is 5.11 Å². The third-order valence-corrected chi connectivity index (χ3v) is 4.51. The van der Waals surface area contributed by atoms with Gasteiger partial charge in [-0.3, -0.25) is 4.79 Å². The van der Waals surface area contributed by atoms with Crippen LogP contribution in [0.3, 0.4) is 0 Å². The van der Waals surface area contributed by atoms with Gasteiger partial charge >= 0.3 is 5.97 Å². The second kappa shape index (κ2) is 5.76. The topological polar surface area (TPSA) is 82.8 Å². The highest BCUT2D eigenvalue weighted by atomic mass is 16.4. The number of hydrogen-bond donors (Lipinski definition) is 2. The number of likely N-dealkylation sites (tertiary alicyclic amines) is 1. The van der Waals surface area contributed by atoms with Gasteiger partial charge in [0.2, 0.25) is 0 Å². The Morgan fingerprint density at radius 1 is 1.23 bits per heavy atom. The highest BCUT2D eigenvalue weighted by Gasteiger charge is 2.40. The molecule has 0 aromatic carbocycles. The SMILES string of the molecule is Cc1cc(C(=O)N2CCC(O)(C(=O)O)CC2)c(C)n1C(C)C. The minimum atomic E-state index is -1.70. The summed E-state index contributed by atoms with van der Waals surface area (Å²) in [4.78, 5) is 25.3. The number of piperidine rings is 1. The van der Waals surface area contributed by atoms with Crippen LogP contribution in [0.4, 0.5) is 0 Å². The maximum atomic E-state index is 12.7. The monoisotopic (exact) mass is 308 g/mol. The van der Waals surface area contributed by atoms with E-state index in [-0.39, 0.29) is 37.9 Å². The minimum Gasteiger partial charge on any atom is -0.479 e. The van der Waals surface area contributed by atoms with E-state index in [0.717, 1.165) is 11.4 Å². The number of carboxylic acids is 1. The van der Waals surface area contributed by atoms with Crippen LogP contribution in [0.5, 0.6) is 0 Å². The molecule has 0 unspecified atom stereocenters. The fourth-order valence-electron chi connectivity index (χ4n) is 3.25. The van der Waals surface area contributed by atoms with Gasteiger partial charge in [0.15, 0.2) is 5.60 Å². The molecule has 1 fully saturated rings. The first-order valence-electron chi connectivity index (χ1n) is 7.61. The van der Waals surface area contributed by atoms with Gasteiger partial charge in [0.1, 0.15) is 0 Å². The second-order valence-corrected chi connectivity index (χ2v) is 6.38. The molecule has 1 saturated heterocycles. The van der Waals surface area contributed by atoms with Gasteiger partial charge in [0.25, 0.3) is 5.91 Å². The number of carbonyl (C=O) groups excluding carboxylic acids is 1. The van der Waals surface area contributed by atoms with E-state index in [2.05, 4.69) is 18.4 Å². The van der Waals surface area contributed by atoms with Crippen LogP contribution in [0.1, 0.15) is 54.5 Å². The lowest BCUT2D eigenvalue weighted by molar-refractivity contribution is -0.162. The normalized spacial score (nSPS) is 17.8. The van der Waals surface area contributed by atoms with E-state index in [1.54, 1.807) is 4.90 Å². The summed E-state index contributed by atoms with van der Waals surface area (Å²) < 4.78 is 2.12. The van der Waals surface area contributed by atoms with E-state index >= 15 is 0 Å². The zero-order chi connectivity index (χ0) is 16.7. The molecule has 122 valence electrons. The van der Waals surface area contributed by atoms with Crippen LogP contribution in [0, 0.1) is 13.8 Å². The van der Waals surface area contributed by atoms with Crippen molar-refractivity contribution < 1.29 is 19.8 Å². The number of carboxylic acid groups (broad SMARTS) is 1. The average Bonchev–Trinajstić information content (AvgIpc) is 2.74. The lowest BCUT2D eigenvalue weighted by Crippen LogP contribution is -2.50. The van der Waals surface area contributed by atoms with Crippen LogP contribution in [0.25, 0.3) is 0 Å². The summed E-state index contributed by atoms with van der Waals surface area (Å²) in [5, 5.41) is 19.0. The van der Waals surface area contributed by atoms with Gasteiger partial charge in [0.05, 0.1) is 5.56 Å². The van der Waals surface area contributed by atoms with Crippen molar-refractivity contribution >= 4 is 11.9 Å². The minimum absolute atomic E-state index is 0.0665. The predicted octanol–water partition coefficient (Wildman–Crippen LogP) is 1.74. The quantitative estimate of drug-likeness (QED) is 0.891. The molecule has 1 aliphatic rings. The van der Waals surface area contributed by atoms with Gasteiger partial charge in [0, 0.05) is 43.4 Å². The van der Waals surface area contributed by atoms with Gasteiger partial charge in [-0.2, -0.15) is 0 Å². The summed E-state index contributed by atoms with van der Waals surface area (Å²) >= 11 is 0. The molecule has 2 N–H and O–H groups in total. The van der Waals surface area contributed by atoms with Crippen molar-refractivity contribution in [3.8, 4) is 0 Å². The molecule has 1 aliphatic heterocycles. The van der Waals surface area contributed by atoms with E-state index < -0.39 is 11.6 Å². The Kier molecular flexibility index (Phi) is 4.33. The number of nitrogens with zero attached hydrogens (tertiary/aromatic N) is 2. The van der Waals surface area contributed by atoms with Crippen LogP contribution in [-0.2, 0) is 4.79 Å². The number of aromatic nitrogens is 1. The number of hydrogen-bond acceptors (Lipinski definition) is 3. The molecule has 2 heterocycles. The summed E-state index contributed by atoms with van der Waals surface area (Å²) in [6, 6.07) is 2.16. The summed E-state index contributed by atoms with van der Waals surface area (Å²) in [5.74, 6) is -1.30. The number of aliphatic carboxylic acids is 1. The Morgan fingerprint density at radius 2 is 1.77 bits per heavy atom. The summed E-state index contributed by atoms with van der Waals surface area (Å²) in [5.41, 5.74) is 0.921. The molecule has 6 heteroatoms. The molecule has 0 bridgehead atoms. The fraction of sp³-hybridized carbons (Fsp3) is 0.625. The zero-order valence-corrected chi connectivity index (χ0v) is 13.6. The van der Waals surface area contributed by atoms with Crippen LogP contribution in [0.15, 0.2) is 6.07 Å². The number of aryl methyl sites for hydroxylation is 1. The van der Waals surface area contributed by atoms with Crippen molar-refractivity contribution in [1.82, 2.24) is 9.47 Å². The molecular weight excluding hydrogens is 284 g/mol. The van der Waals surface area contributed by atoms with Gasteiger partial charge in [-0.05, 0) is 33.8 Å². The molecule has 1 aromatic rings. The molecule has 2 rings (SSSR count). The predicted molar refractivity (Wildman–Crippen MR) is 82.0 cm³/mol. The van der Waals surface area contributed by atoms with Crippen LogP contribution in [0.2, 0.25) is 0 Å². The molecule has 22 heavy (non-hydrogen) atoms. The zero-order valence-electron chi connectivity index (χ0n) is 13.6. The van der Waals surface area contributed by atoms with Gasteiger partial charge in [-0.1, -0.05) is 0 Å². The van der Waals surface area contributed by atoms with Crippen molar-refractivity contribution in [3.63, 3.8) is 0 Å². The summed E-state index contributed by atoms with van der Waals surface area (Å²) in [7, 11) is 0. The van der Waals surface area contributed by atoms with Crippen LogP contribution < -0.4 is 0 Å². The van der Waals surface area contributed by atoms with Crippen molar-refractivity contribution in [2.45, 2.75) is 52.2 Å². The highest BCUT2D eigenvalue weighted by molar-refractivity contribution is 5.96. The summed E-state index contributed by atoms with van der Waals surface area (Å²) in [6.07, 6.45) is 0.133. The fourth-order valence-corrected chi connectivity index (χ4v) is 3.25.